The highest BCUT2D eigenvalue weighted by molar-refractivity contribution is 6.31. The van der Waals surface area contributed by atoms with Crippen LogP contribution in [0.5, 0.6) is 0 Å². The second kappa shape index (κ2) is 4.76. The molecule has 0 aliphatic rings. The third-order valence-corrected chi connectivity index (χ3v) is 2.92. The smallest absolute Gasteiger partial charge is 0.123 e. The lowest BCUT2D eigenvalue weighted by Crippen LogP contribution is -2.19. The van der Waals surface area contributed by atoms with E-state index in [1.807, 2.05) is 6.92 Å². The van der Waals surface area contributed by atoms with Gasteiger partial charge in [-0.05, 0) is 29.7 Å². The van der Waals surface area contributed by atoms with Gasteiger partial charge in [-0.15, -0.1) is 0 Å². The molecule has 0 aliphatic heterocycles. The molecule has 78 valence electrons. The molecule has 0 aromatic heterocycles. The third-order valence-electron chi connectivity index (χ3n) is 2.57. The van der Waals surface area contributed by atoms with Gasteiger partial charge in [-0.2, -0.15) is 0 Å². The first kappa shape index (κ1) is 11.5. The predicted molar refractivity (Wildman–Crippen MR) is 57.8 cm³/mol. The first-order chi connectivity index (χ1) is 6.56. The van der Waals surface area contributed by atoms with Gasteiger partial charge in [0.2, 0.25) is 0 Å². The molecule has 0 bridgehead atoms. The van der Waals surface area contributed by atoms with Gasteiger partial charge in [0.15, 0.2) is 0 Å². The summed E-state index contributed by atoms with van der Waals surface area (Å²) in [6.45, 7) is 4.09. The maximum atomic E-state index is 13.0. The molecule has 3 heteroatoms. The maximum absolute atomic E-state index is 13.0. The summed E-state index contributed by atoms with van der Waals surface area (Å²) in [4.78, 5) is 0. The van der Waals surface area contributed by atoms with Gasteiger partial charge in [-0.25, -0.2) is 4.39 Å². The lowest BCUT2D eigenvalue weighted by molar-refractivity contribution is 0.455. The van der Waals surface area contributed by atoms with Crippen molar-refractivity contribution in [2.24, 2.45) is 11.7 Å². The first-order valence-electron chi connectivity index (χ1n) is 4.76. The summed E-state index contributed by atoms with van der Waals surface area (Å²) in [6, 6.07) is 4.12. The molecule has 0 saturated heterocycles. The quantitative estimate of drug-likeness (QED) is 0.820. The van der Waals surface area contributed by atoms with Crippen LogP contribution in [0.25, 0.3) is 0 Å². The van der Waals surface area contributed by atoms with Crippen molar-refractivity contribution in [3.8, 4) is 0 Å². The van der Waals surface area contributed by atoms with Crippen molar-refractivity contribution in [2.45, 2.75) is 26.3 Å². The van der Waals surface area contributed by atoms with Crippen LogP contribution < -0.4 is 5.73 Å². The lowest BCUT2D eigenvalue weighted by Gasteiger charge is -2.19. The van der Waals surface area contributed by atoms with E-state index in [1.54, 1.807) is 6.07 Å². The molecule has 0 saturated carbocycles. The van der Waals surface area contributed by atoms with Crippen LogP contribution in [0.15, 0.2) is 18.2 Å². The molecule has 1 aromatic carbocycles. The van der Waals surface area contributed by atoms with Gasteiger partial charge < -0.3 is 5.73 Å². The standard InChI is InChI=1S/C11H15ClFN/c1-3-7(2)11(14)9-6-8(13)4-5-10(9)12/h4-7,11H,3,14H2,1-2H3/t7?,11-/m1/s1. The Morgan fingerprint density at radius 3 is 2.71 bits per heavy atom. The normalized spacial score (nSPS) is 15.2. The van der Waals surface area contributed by atoms with E-state index in [0.29, 0.717) is 16.5 Å². The summed E-state index contributed by atoms with van der Waals surface area (Å²) >= 11 is 5.95. The van der Waals surface area contributed by atoms with Crippen LogP contribution in [0, 0.1) is 11.7 Å². The molecule has 1 aromatic rings. The van der Waals surface area contributed by atoms with E-state index in [1.165, 1.54) is 12.1 Å². The molecule has 0 aliphatic carbocycles. The van der Waals surface area contributed by atoms with Gasteiger partial charge in [-0.1, -0.05) is 31.9 Å². The van der Waals surface area contributed by atoms with E-state index >= 15 is 0 Å². The predicted octanol–water partition coefficient (Wildman–Crippen LogP) is 3.53. The summed E-state index contributed by atoms with van der Waals surface area (Å²) in [6.07, 6.45) is 0.952. The number of halogens is 2. The van der Waals surface area contributed by atoms with E-state index in [0.717, 1.165) is 6.42 Å². The Hall–Kier alpha value is -0.600. The molecular formula is C11H15ClFN. The second-order valence-electron chi connectivity index (χ2n) is 3.58. The summed E-state index contributed by atoms with van der Waals surface area (Å²) in [5.74, 6) is 0.0115. The molecule has 1 rings (SSSR count). The van der Waals surface area contributed by atoms with Crippen LogP contribution >= 0.6 is 11.6 Å². The number of nitrogens with two attached hydrogens (primary N) is 1. The van der Waals surface area contributed by atoms with E-state index in [-0.39, 0.29) is 11.9 Å². The van der Waals surface area contributed by atoms with Crippen molar-refractivity contribution in [1.82, 2.24) is 0 Å². The second-order valence-corrected chi connectivity index (χ2v) is 3.98. The van der Waals surface area contributed by atoms with Crippen LogP contribution in [0.4, 0.5) is 4.39 Å². The monoisotopic (exact) mass is 215 g/mol. The molecule has 14 heavy (non-hydrogen) atoms. The molecule has 1 unspecified atom stereocenters. The fourth-order valence-corrected chi connectivity index (χ4v) is 1.57. The SMILES string of the molecule is CCC(C)[C@@H](N)c1cc(F)ccc1Cl. The Morgan fingerprint density at radius 2 is 2.14 bits per heavy atom. The molecule has 0 heterocycles. The van der Waals surface area contributed by atoms with Crippen LogP contribution in [0.1, 0.15) is 31.9 Å². The largest absolute Gasteiger partial charge is 0.324 e. The van der Waals surface area contributed by atoms with Gasteiger partial charge >= 0.3 is 0 Å². The number of hydrogen-bond acceptors (Lipinski definition) is 1. The molecule has 1 nitrogen and oxygen atoms in total. The van der Waals surface area contributed by atoms with Crippen molar-refractivity contribution < 1.29 is 4.39 Å². The molecule has 2 N–H and O–H groups in total. The van der Waals surface area contributed by atoms with Gasteiger partial charge in [0.1, 0.15) is 5.82 Å². The van der Waals surface area contributed by atoms with Gasteiger partial charge in [-0.3, -0.25) is 0 Å². The minimum absolute atomic E-state index is 0.191. The minimum Gasteiger partial charge on any atom is -0.324 e. The number of rotatable bonds is 3. The Labute approximate surface area is 89.1 Å². The number of benzene rings is 1. The maximum Gasteiger partial charge on any atom is 0.123 e. The van der Waals surface area contributed by atoms with Crippen molar-refractivity contribution in [3.63, 3.8) is 0 Å². The topological polar surface area (TPSA) is 26.0 Å². The van der Waals surface area contributed by atoms with Crippen LogP contribution in [-0.2, 0) is 0 Å². The van der Waals surface area contributed by atoms with Crippen LogP contribution in [0.2, 0.25) is 5.02 Å². The zero-order chi connectivity index (χ0) is 10.7. The Morgan fingerprint density at radius 1 is 1.50 bits per heavy atom. The van der Waals surface area contributed by atoms with Crippen LogP contribution in [-0.4, -0.2) is 0 Å². The van der Waals surface area contributed by atoms with E-state index in [2.05, 4.69) is 6.92 Å². The Balaban J connectivity index is 2.99. The fourth-order valence-electron chi connectivity index (χ4n) is 1.33. The van der Waals surface area contributed by atoms with Gasteiger partial charge in [0.05, 0.1) is 0 Å². The zero-order valence-corrected chi connectivity index (χ0v) is 9.18. The summed E-state index contributed by atoms with van der Waals surface area (Å²) in [7, 11) is 0. The van der Waals surface area contributed by atoms with E-state index < -0.39 is 0 Å². The van der Waals surface area contributed by atoms with Crippen molar-refractivity contribution in [3.05, 3.63) is 34.6 Å². The average Bonchev–Trinajstić information content (AvgIpc) is 2.19. The molecule has 0 radical (unpaired) electrons. The highest BCUT2D eigenvalue weighted by Crippen LogP contribution is 2.28. The molecule has 0 amide bonds. The van der Waals surface area contributed by atoms with E-state index in [4.69, 9.17) is 17.3 Å². The van der Waals surface area contributed by atoms with E-state index in [9.17, 15) is 4.39 Å². The first-order valence-corrected chi connectivity index (χ1v) is 5.14. The third kappa shape index (κ3) is 2.46. The lowest BCUT2D eigenvalue weighted by atomic mass is 9.93. The average molecular weight is 216 g/mol. The highest BCUT2D eigenvalue weighted by Gasteiger charge is 2.16. The Bertz CT molecular complexity index is 314. The zero-order valence-electron chi connectivity index (χ0n) is 8.43. The van der Waals surface area contributed by atoms with Gasteiger partial charge in [0.25, 0.3) is 0 Å². The van der Waals surface area contributed by atoms with Gasteiger partial charge in [0, 0.05) is 11.1 Å². The Kier molecular flexibility index (Phi) is 3.90. The summed E-state index contributed by atoms with van der Waals surface area (Å²) in [5.41, 5.74) is 6.66. The minimum atomic E-state index is -0.289. The fraction of sp³-hybridized carbons (Fsp3) is 0.455. The highest BCUT2D eigenvalue weighted by atomic mass is 35.5. The molecular weight excluding hydrogens is 201 g/mol. The molecule has 0 spiro atoms. The van der Waals surface area contributed by atoms with Crippen molar-refractivity contribution >= 4 is 11.6 Å². The summed E-state index contributed by atoms with van der Waals surface area (Å²) in [5, 5.41) is 0.541. The van der Waals surface area contributed by atoms with Crippen molar-refractivity contribution in [1.29, 1.82) is 0 Å². The van der Waals surface area contributed by atoms with Crippen molar-refractivity contribution in [2.75, 3.05) is 0 Å². The molecule has 0 fully saturated rings. The van der Waals surface area contributed by atoms with Crippen LogP contribution in [0.3, 0.4) is 0 Å². The summed E-state index contributed by atoms with van der Waals surface area (Å²) < 4.78 is 13.0. The number of hydrogen-bond donors (Lipinski definition) is 1. The molecule has 2 atom stereocenters.